The van der Waals surface area contributed by atoms with E-state index in [1.54, 1.807) is 0 Å². The number of likely N-dealkylation sites (tertiary alicyclic amines) is 1. The van der Waals surface area contributed by atoms with Gasteiger partial charge >= 0.3 is 0 Å². The molecule has 1 N–H and O–H groups in total. The molecule has 1 aliphatic carbocycles. The van der Waals surface area contributed by atoms with Gasteiger partial charge in [0.25, 0.3) is 0 Å². The molecule has 2 amide bonds. The maximum absolute atomic E-state index is 12.4. The molecule has 0 spiro atoms. The van der Waals surface area contributed by atoms with Crippen LogP contribution >= 0.6 is 0 Å². The van der Waals surface area contributed by atoms with Crippen LogP contribution in [0.4, 0.5) is 0 Å². The SMILES string of the molecule is O=C1CC(NCC2CCCCO2)C(=O)N1C1CCCC1. The van der Waals surface area contributed by atoms with Gasteiger partial charge in [0, 0.05) is 19.2 Å². The van der Waals surface area contributed by atoms with E-state index < -0.39 is 0 Å². The van der Waals surface area contributed by atoms with E-state index in [-0.39, 0.29) is 30.0 Å². The van der Waals surface area contributed by atoms with Crippen LogP contribution in [0.25, 0.3) is 0 Å². The topological polar surface area (TPSA) is 58.6 Å². The van der Waals surface area contributed by atoms with Gasteiger partial charge in [-0.25, -0.2) is 0 Å². The number of carbonyl (C=O) groups excluding carboxylic acids is 2. The number of carbonyl (C=O) groups is 2. The minimum atomic E-state index is -0.325. The van der Waals surface area contributed by atoms with E-state index in [9.17, 15) is 9.59 Å². The zero-order chi connectivity index (χ0) is 13.9. The molecule has 2 aliphatic heterocycles. The summed E-state index contributed by atoms with van der Waals surface area (Å²) in [5.41, 5.74) is 0. The van der Waals surface area contributed by atoms with Crippen LogP contribution in [0.5, 0.6) is 0 Å². The van der Waals surface area contributed by atoms with Crippen molar-refractivity contribution in [1.82, 2.24) is 10.2 Å². The molecule has 3 fully saturated rings. The first-order chi connectivity index (χ1) is 9.75. The van der Waals surface area contributed by atoms with E-state index in [1.807, 2.05) is 0 Å². The average Bonchev–Trinajstić information content (AvgIpc) is 3.06. The average molecular weight is 280 g/mol. The summed E-state index contributed by atoms with van der Waals surface area (Å²) < 4.78 is 5.65. The predicted molar refractivity (Wildman–Crippen MR) is 74.1 cm³/mol. The number of nitrogens with one attached hydrogen (secondary N) is 1. The smallest absolute Gasteiger partial charge is 0.247 e. The molecule has 2 atom stereocenters. The van der Waals surface area contributed by atoms with Gasteiger partial charge in [0.2, 0.25) is 11.8 Å². The van der Waals surface area contributed by atoms with Gasteiger partial charge in [-0.3, -0.25) is 14.5 Å². The Morgan fingerprint density at radius 3 is 2.55 bits per heavy atom. The Bertz CT molecular complexity index is 373. The van der Waals surface area contributed by atoms with E-state index in [0.717, 1.165) is 45.1 Å². The fraction of sp³-hybridized carbons (Fsp3) is 0.867. The molecule has 3 rings (SSSR count). The second-order valence-corrected chi connectivity index (χ2v) is 6.19. The Morgan fingerprint density at radius 1 is 1.10 bits per heavy atom. The molecule has 3 aliphatic rings. The second-order valence-electron chi connectivity index (χ2n) is 6.19. The molecule has 2 unspecified atom stereocenters. The van der Waals surface area contributed by atoms with E-state index in [4.69, 9.17) is 4.74 Å². The Labute approximate surface area is 120 Å². The molecule has 2 heterocycles. The highest BCUT2D eigenvalue weighted by atomic mass is 16.5. The number of nitrogens with zero attached hydrogens (tertiary/aromatic N) is 1. The zero-order valence-corrected chi connectivity index (χ0v) is 12.0. The van der Waals surface area contributed by atoms with E-state index in [1.165, 1.54) is 11.3 Å². The van der Waals surface area contributed by atoms with Gasteiger partial charge in [-0.05, 0) is 32.1 Å². The van der Waals surface area contributed by atoms with Crippen LogP contribution < -0.4 is 5.32 Å². The second kappa shape index (κ2) is 6.22. The lowest BCUT2D eigenvalue weighted by atomic mass is 10.1. The van der Waals surface area contributed by atoms with Crippen LogP contribution in [-0.2, 0) is 14.3 Å². The van der Waals surface area contributed by atoms with Crippen LogP contribution in [0.1, 0.15) is 51.4 Å². The van der Waals surface area contributed by atoms with Crippen molar-refractivity contribution < 1.29 is 14.3 Å². The van der Waals surface area contributed by atoms with Crippen molar-refractivity contribution in [2.45, 2.75) is 69.6 Å². The first-order valence-corrected chi connectivity index (χ1v) is 7.96. The highest BCUT2D eigenvalue weighted by Crippen LogP contribution is 2.28. The fourth-order valence-electron chi connectivity index (χ4n) is 3.60. The lowest BCUT2D eigenvalue weighted by Crippen LogP contribution is -2.45. The molecule has 0 radical (unpaired) electrons. The molecule has 2 saturated heterocycles. The quantitative estimate of drug-likeness (QED) is 0.787. The molecular weight excluding hydrogens is 256 g/mol. The molecule has 20 heavy (non-hydrogen) atoms. The Hall–Kier alpha value is -0.940. The molecule has 5 nitrogen and oxygen atoms in total. The van der Waals surface area contributed by atoms with E-state index >= 15 is 0 Å². The lowest BCUT2D eigenvalue weighted by Gasteiger charge is -2.25. The van der Waals surface area contributed by atoms with Crippen molar-refractivity contribution in [2.75, 3.05) is 13.2 Å². The van der Waals surface area contributed by atoms with E-state index in [2.05, 4.69) is 5.32 Å². The summed E-state index contributed by atoms with van der Waals surface area (Å²) in [6.45, 7) is 1.50. The standard InChI is InChI=1S/C15H24N2O3/c18-14-9-13(16-10-12-7-3-4-8-20-12)15(19)17(14)11-5-1-2-6-11/h11-13,16H,1-10H2. The van der Waals surface area contributed by atoms with Gasteiger partial charge in [0.05, 0.1) is 18.6 Å². The van der Waals surface area contributed by atoms with Gasteiger partial charge in [-0.1, -0.05) is 12.8 Å². The summed E-state index contributed by atoms with van der Waals surface area (Å²) in [5.74, 6) is -0.0123. The van der Waals surface area contributed by atoms with Crippen molar-refractivity contribution >= 4 is 11.8 Å². The van der Waals surface area contributed by atoms with Crippen LogP contribution in [0.2, 0.25) is 0 Å². The third-order valence-corrected chi connectivity index (χ3v) is 4.74. The molecular formula is C15H24N2O3. The van der Waals surface area contributed by atoms with Gasteiger partial charge in [0.1, 0.15) is 0 Å². The summed E-state index contributed by atoms with van der Waals surface area (Å²) in [5, 5.41) is 3.25. The molecule has 0 aromatic rings. The maximum atomic E-state index is 12.4. The zero-order valence-electron chi connectivity index (χ0n) is 12.0. The molecule has 112 valence electrons. The third kappa shape index (κ3) is 2.88. The van der Waals surface area contributed by atoms with Crippen molar-refractivity contribution in [1.29, 1.82) is 0 Å². The molecule has 5 heteroatoms. The van der Waals surface area contributed by atoms with Gasteiger partial charge in [-0.2, -0.15) is 0 Å². The predicted octanol–water partition coefficient (Wildman–Crippen LogP) is 1.22. The first kappa shape index (κ1) is 14.0. The third-order valence-electron chi connectivity index (χ3n) is 4.74. The number of hydrogen-bond acceptors (Lipinski definition) is 4. The van der Waals surface area contributed by atoms with Crippen molar-refractivity contribution in [2.24, 2.45) is 0 Å². The Balaban J connectivity index is 1.52. The minimum Gasteiger partial charge on any atom is -0.377 e. The van der Waals surface area contributed by atoms with Crippen LogP contribution in [0.15, 0.2) is 0 Å². The van der Waals surface area contributed by atoms with Gasteiger partial charge < -0.3 is 10.1 Å². The van der Waals surface area contributed by atoms with Crippen LogP contribution in [-0.4, -0.2) is 48.1 Å². The first-order valence-electron chi connectivity index (χ1n) is 7.96. The number of ether oxygens (including phenoxy) is 1. The number of rotatable bonds is 4. The van der Waals surface area contributed by atoms with Crippen molar-refractivity contribution in [3.05, 3.63) is 0 Å². The largest absolute Gasteiger partial charge is 0.377 e. The summed E-state index contributed by atoms with van der Waals surface area (Å²) in [6.07, 6.45) is 8.13. The monoisotopic (exact) mass is 280 g/mol. The highest BCUT2D eigenvalue weighted by molar-refractivity contribution is 6.05. The number of imide groups is 1. The number of hydrogen-bond donors (Lipinski definition) is 1. The van der Waals surface area contributed by atoms with Crippen LogP contribution in [0, 0.1) is 0 Å². The van der Waals surface area contributed by atoms with E-state index in [0.29, 0.717) is 13.0 Å². The Morgan fingerprint density at radius 2 is 1.85 bits per heavy atom. The Kier molecular flexibility index (Phi) is 4.36. The molecule has 1 saturated carbocycles. The highest BCUT2D eigenvalue weighted by Gasteiger charge is 2.42. The fourth-order valence-corrected chi connectivity index (χ4v) is 3.60. The van der Waals surface area contributed by atoms with Crippen molar-refractivity contribution in [3.8, 4) is 0 Å². The molecule has 0 aromatic heterocycles. The normalized spacial score (nSPS) is 32.3. The number of amides is 2. The molecule has 0 aromatic carbocycles. The summed E-state index contributed by atoms with van der Waals surface area (Å²) >= 11 is 0. The van der Waals surface area contributed by atoms with Crippen LogP contribution in [0.3, 0.4) is 0 Å². The maximum Gasteiger partial charge on any atom is 0.247 e. The lowest BCUT2D eigenvalue weighted by molar-refractivity contribution is -0.141. The van der Waals surface area contributed by atoms with Gasteiger partial charge in [-0.15, -0.1) is 0 Å². The summed E-state index contributed by atoms with van der Waals surface area (Å²) in [6, 6.07) is -0.165. The minimum absolute atomic E-state index is 0.00367. The summed E-state index contributed by atoms with van der Waals surface area (Å²) in [4.78, 5) is 26.0. The van der Waals surface area contributed by atoms with Crippen molar-refractivity contribution in [3.63, 3.8) is 0 Å². The van der Waals surface area contributed by atoms with Gasteiger partial charge in [0.15, 0.2) is 0 Å². The summed E-state index contributed by atoms with van der Waals surface area (Å²) in [7, 11) is 0. The molecule has 0 bridgehead atoms.